The summed E-state index contributed by atoms with van der Waals surface area (Å²) in [7, 11) is 0. The maximum atomic E-state index is 8.77. The molecule has 1 unspecified atom stereocenters. The Morgan fingerprint density at radius 2 is 2.27 bits per heavy atom. The van der Waals surface area contributed by atoms with Gasteiger partial charge in [0.25, 0.3) is 0 Å². The van der Waals surface area contributed by atoms with Crippen molar-refractivity contribution in [2.75, 3.05) is 18.0 Å². The number of rotatable bonds is 4. The lowest BCUT2D eigenvalue weighted by molar-refractivity contribution is 0.678. The van der Waals surface area contributed by atoms with Crippen LogP contribution in [0.15, 0.2) is 12.4 Å². The monoisotopic (exact) mass is 204 g/mol. The molecule has 15 heavy (non-hydrogen) atoms. The second-order valence-electron chi connectivity index (χ2n) is 3.59. The molecule has 0 N–H and O–H groups in total. The van der Waals surface area contributed by atoms with Crippen LogP contribution in [0.2, 0.25) is 0 Å². The summed E-state index contributed by atoms with van der Waals surface area (Å²) in [6.45, 7) is 7.47. The number of aromatic nitrogens is 2. The fourth-order valence-electron chi connectivity index (χ4n) is 1.37. The van der Waals surface area contributed by atoms with Gasteiger partial charge in [0.1, 0.15) is 12.1 Å². The van der Waals surface area contributed by atoms with Crippen LogP contribution >= 0.6 is 0 Å². The number of anilines is 1. The highest BCUT2D eigenvalue weighted by Crippen LogP contribution is 2.12. The van der Waals surface area contributed by atoms with Gasteiger partial charge in [-0.05, 0) is 20.8 Å². The summed E-state index contributed by atoms with van der Waals surface area (Å²) < 4.78 is 0. The molecule has 0 aliphatic heterocycles. The van der Waals surface area contributed by atoms with E-state index in [1.54, 1.807) is 6.33 Å². The normalized spacial score (nSPS) is 11.9. The van der Waals surface area contributed by atoms with Crippen molar-refractivity contribution in [3.63, 3.8) is 0 Å². The van der Waals surface area contributed by atoms with Crippen LogP contribution in [0.4, 0.5) is 5.82 Å². The van der Waals surface area contributed by atoms with E-state index in [1.165, 1.54) is 0 Å². The fraction of sp³-hybridized carbons (Fsp3) is 0.545. The number of hydrogen-bond donors (Lipinski definition) is 0. The molecule has 0 aromatic carbocycles. The van der Waals surface area contributed by atoms with Crippen LogP contribution < -0.4 is 4.90 Å². The first-order valence-corrected chi connectivity index (χ1v) is 5.10. The third-order valence-electron chi connectivity index (χ3n) is 2.21. The molecule has 1 heterocycles. The van der Waals surface area contributed by atoms with Crippen LogP contribution in [-0.2, 0) is 0 Å². The molecule has 0 aliphatic rings. The first-order chi connectivity index (χ1) is 7.17. The zero-order valence-corrected chi connectivity index (χ0v) is 9.44. The smallest absolute Gasteiger partial charge is 0.132 e. The van der Waals surface area contributed by atoms with E-state index in [9.17, 15) is 0 Å². The molecule has 1 atom stereocenters. The summed E-state index contributed by atoms with van der Waals surface area (Å²) in [5, 5.41) is 8.77. The van der Waals surface area contributed by atoms with E-state index in [0.717, 1.165) is 18.1 Å². The van der Waals surface area contributed by atoms with E-state index in [0.29, 0.717) is 6.54 Å². The molecular weight excluding hydrogens is 188 g/mol. The van der Waals surface area contributed by atoms with Crippen LogP contribution in [0, 0.1) is 24.2 Å². The molecule has 0 aliphatic carbocycles. The average molecular weight is 204 g/mol. The van der Waals surface area contributed by atoms with Crippen LogP contribution in [0.5, 0.6) is 0 Å². The third-order valence-corrected chi connectivity index (χ3v) is 2.21. The van der Waals surface area contributed by atoms with Gasteiger partial charge in [0.2, 0.25) is 0 Å². The van der Waals surface area contributed by atoms with E-state index in [1.807, 2.05) is 19.9 Å². The number of aryl methyl sites for hydroxylation is 1. The van der Waals surface area contributed by atoms with Gasteiger partial charge in [0.05, 0.1) is 12.0 Å². The summed E-state index contributed by atoms with van der Waals surface area (Å²) in [6, 6.07) is 4.17. The fourth-order valence-corrected chi connectivity index (χ4v) is 1.37. The maximum Gasteiger partial charge on any atom is 0.132 e. The molecule has 1 aromatic rings. The first kappa shape index (κ1) is 11.4. The van der Waals surface area contributed by atoms with Crippen molar-refractivity contribution in [2.45, 2.75) is 20.8 Å². The molecule has 4 nitrogen and oxygen atoms in total. The molecule has 4 heteroatoms. The van der Waals surface area contributed by atoms with E-state index in [4.69, 9.17) is 5.26 Å². The quantitative estimate of drug-likeness (QED) is 0.750. The lowest BCUT2D eigenvalue weighted by atomic mass is 10.2. The van der Waals surface area contributed by atoms with Crippen molar-refractivity contribution >= 4 is 5.82 Å². The largest absolute Gasteiger partial charge is 0.355 e. The molecule has 80 valence electrons. The summed E-state index contributed by atoms with van der Waals surface area (Å²) in [4.78, 5) is 10.3. The molecular formula is C11H16N4. The Kier molecular flexibility index (Phi) is 4.04. The molecule has 0 saturated carbocycles. The van der Waals surface area contributed by atoms with Crippen molar-refractivity contribution in [1.29, 1.82) is 5.26 Å². The topological polar surface area (TPSA) is 52.8 Å². The average Bonchev–Trinajstić information content (AvgIpc) is 2.25. The minimum Gasteiger partial charge on any atom is -0.355 e. The number of hydrogen-bond acceptors (Lipinski definition) is 4. The van der Waals surface area contributed by atoms with Crippen molar-refractivity contribution in [1.82, 2.24) is 9.97 Å². The van der Waals surface area contributed by atoms with Crippen molar-refractivity contribution in [3.05, 3.63) is 18.1 Å². The molecule has 1 aromatic heterocycles. The van der Waals surface area contributed by atoms with Crippen molar-refractivity contribution in [2.24, 2.45) is 5.92 Å². The van der Waals surface area contributed by atoms with Crippen molar-refractivity contribution < 1.29 is 0 Å². The van der Waals surface area contributed by atoms with Crippen LogP contribution in [0.1, 0.15) is 19.5 Å². The van der Waals surface area contributed by atoms with E-state index < -0.39 is 0 Å². The Morgan fingerprint density at radius 1 is 1.53 bits per heavy atom. The molecule has 0 saturated heterocycles. The van der Waals surface area contributed by atoms with E-state index in [-0.39, 0.29) is 5.92 Å². The summed E-state index contributed by atoms with van der Waals surface area (Å²) in [5.41, 5.74) is 0.947. The highest BCUT2D eigenvalue weighted by Gasteiger charge is 2.09. The molecule has 0 bridgehead atoms. The van der Waals surface area contributed by atoms with Crippen molar-refractivity contribution in [3.8, 4) is 6.07 Å². The number of nitrogens with zero attached hydrogens (tertiary/aromatic N) is 4. The van der Waals surface area contributed by atoms with Crippen LogP contribution in [-0.4, -0.2) is 23.1 Å². The van der Waals surface area contributed by atoms with Gasteiger partial charge < -0.3 is 4.90 Å². The summed E-state index contributed by atoms with van der Waals surface area (Å²) >= 11 is 0. The van der Waals surface area contributed by atoms with Gasteiger partial charge in [-0.1, -0.05) is 0 Å². The van der Waals surface area contributed by atoms with Gasteiger partial charge >= 0.3 is 0 Å². The van der Waals surface area contributed by atoms with Gasteiger partial charge in [-0.3, -0.25) is 0 Å². The van der Waals surface area contributed by atoms with Crippen LogP contribution in [0.3, 0.4) is 0 Å². The van der Waals surface area contributed by atoms with Gasteiger partial charge in [0.15, 0.2) is 0 Å². The zero-order chi connectivity index (χ0) is 11.3. The minimum atomic E-state index is 0.0141. The van der Waals surface area contributed by atoms with Gasteiger partial charge in [-0.2, -0.15) is 5.26 Å². The van der Waals surface area contributed by atoms with Crippen LogP contribution in [0.25, 0.3) is 0 Å². The summed E-state index contributed by atoms with van der Waals surface area (Å²) in [5.74, 6) is 0.910. The Morgan fingerprint density at radius 3 is 2.80 bits per heavy atom. The highest BCUT2D eigenvalue weighted by molar-refractivity contribution is 5.38. The van der Waals surface area contributed by atoms with E-state index >= 15 is 0 Å². The lowest BCUT2D eigenvalue weighted by Gasteiger charge is -2.22. The lowest BCUT2D eigenvalue weighted by Crippen LogP contribution is -2.28. The second kappa shape index (κ2) is 5.30. The first-order valence-electron chi connectivity index (χ1n) is 5.10. The summed E-state index contributed by atoms with van der Waals surface area (Å²) in [6.07, 6.45) is 1.56. The predicted molar refractivity (Wildman–Crippen MR) is 59.4 cm³/mol. The Balaban J connectivity index is 2.79. The molecule has 0 fully saturated rings. The molecule has 1 rings (SSSR count). The highest BCUT2D eigenvalue weighted by atomic mass is 15.2. The van der Waals surface area contributed by atoms with E-state index in [2.05, 4.69) is 27.9 Å². The standard InChI is InChI=1S/C11H16N4/c1-4-15(7-9(2)6-12)11-5-10(3)13-8-14-11/h5,8-9H,4,7H2,1-3H3. The maximum absolute atomic E-state index is 8.77. The molecule has 0 radical (unpaired) electrons. The molecule has 0 spiro atoms. The van der Waals surface area contributed by atoms with Gasteiger partial charge in [-0.25, -0.2) is 9.97 Å². The van der Waals surface area contributed by atoms with Gasteiger partial charge in [0, 0.05) is 24.8 Å². The third kappa shape index (κ3) is 3.21. The Bertz CT molecular complexity index is 356. The predicted octanol–water partition coefficient (Wildman–Crippen LogP) is 1.77. The molecule has 0 amide bonds. The SMILES string of the molecule is CCN(CC(C)C#N)c1cc(C)ncn1. The van der Waals surface area contributed by atoms with Gasteiger partial charge in [-0.15, -0.1) is 0 Å². The zero-order valence-electron chi connectivity index (χ0n) is 9.44. The Hall–Kier alpha value is -1.63. The number of nitriles is 1. The minimum absolute atomic E-state index is 0.0141. The second-order valence-corrected chi connectivity index (χ2v) is 3.59. The Labute approximate surface area is 90.6 Å².